The number of nitrogens with zero attached hydrogens (tertiary/aromatic N) is 3. The van der Waals surface area contributed by atoms with E-state index < -0.39 is 22.9 Å². The molecule has 1 aromatic carbocycles. The molecule has 1 N–H and O–H groups in total. The normalized spacial score (nSPS) is 20.8. The van der Waals surface area contributed by atoms with Gasteiger partial charge in [-0.05, 0) is 62.9 Å². The lowest BCUT2D eigenvalue weighted by molar-refractivity contribution is -0.172. The quantitative estimate of drug-likeness (QED) is 0.363. The molecule has 0 bridgehead atoms. The van der Waals surface area contributed by atoms with E-state index >= 15 is 0 Å². The first-order chi connectivity index (χ1) is 18.5. The maximum absolute atomic E-state index is 14.5. The zero-order valence-electron chi connectivity index (χ0n) is 22.8. The first-order valence-corrected chi connectivity index (χ1v) is 13.8. The molecule has 9 heteroatoms. The number of aromatic nitrogens is 2. The molecule has 0 unspecified atom stereocenters. The maximum atomic E-state index is 14.5. The highest BCUT2D eigenvalue weighted by atomic mass is 19.1. The van der Waals surface area contributed by atoms with Crippen molar-refractivity contribution < 1.29 is 19.0 Å². The van der Waals surface area contributed by atoms with Gasteiger partial charge in [0.05, 0.1) is 34.6 Å². The predicted octanol–water partition coefficient (Wildman–Crippen LogP) is 3.67. The van der Waals surface area contributed by atoms with Crippen molar-refractivity contribution >= 4 is 16.9 Å². The van der Waals surface area contributed by atoms with Crippen LogP contribution in [0.2, 0.25) is 0 Å². The van der Waals surface area contributed by atoms with E-state index in [1.807, 2.05) is 0 Å². The standard InChI is InChI=1S/C30H34FN3O5/c1-5-30(38)22-12-24-26-25(14-33(24)28(36)21(22)15-39-29(30)37)34(23-9-6-17(31)11-20(23)27(26)35)19(10-16(2)3)13-32(4)18-7-8-18/h6,9,11-12,16,18-19,38H,5,7-8,10,13-15H2,1-4H3/t19-,30+/m1/s1. The Morgan fingerprint density at radius 1 is 1.21 bits per heavy atom. The van der Waals surface area contributed by atoms with Gasteiger partial charge in [0.15, 0.2) is 11.0 Å². The second-order valence-corrected chi connectivity index (χ2v) is 11.7. The van der Waals surface area contributed by atoms with Crippen molar-refractivity contribution in [3.63, 3.8) is 0 Å². The molecule has 3 aromatic rings. The van der Waals surface area contributed by atoms with Crippen molar-refractivity contribution in [1.29, 1.82) is 0 Å². The zero-order chi connectivity index (χ0) is 27.8. The van der Waals surface area contributed by atoms with Crippen LogP contribution in [0.4, 0.5) is 4.39 Å². The summed E-state index contributed by atoms with van der Waals surface area (Å²) < 4.78 is 23.4. The Bertz CT molecular complexity index is 1640. The highest BCUT2D eigenvalue weighted by Crippen LogP contribution is 2.40. The lowest BCUT2D eigenvalue weighted by Crippen LogP contribution is -2.44. The number of esters is 1. The Morgan fingerprint density at radius 2 is 1.95 bits per heavy atom. The fourth-order valence-electron chi connectivity index (χ4n) is 6.48. The molecule has 1 saturated carbocycles. The fraction of sp³-hybridized carbons (Fsp3) is 0.500. The van der Waals surface area contributed by atoms with Gasteiger partial charge in [0.1, 0.15) is 12.4 Å². The van der Waals surface area contributed by atoms with Crippen LogP contribution in [0, 0.1) is 11.7 Å². The van der Waals surface area contributed by atoms with Gasteiger partial charge in [-0.15, -0.1) is 0 Å². The summed E-state index contributed by atoms with van der Waals surface area (Å²) in [6.07, 6.45) is 3.17. The van der Waals surface area contributed by atoms with Crippen LogP contribution in [0.1, 0.15) is 69.3 Å². The van der Waals surface area contributed by atoms with Crippen LogP contribution in [-0.4, -0.2) is 44.7 Å². The minimum atomic E-state index is -1.97. The lowest BCUT2D eigenvalue weighted by Gasteiger charge is -2.31. The number of halogens is 1. The number of carbonyl (C=O) groups is 1. The van der Waals surface area contributed by atoms with Crippen molar-refractivity contribution in [2.24, 2.45) is 5.92 Å². The summed E-state index contributed by atoms with van der Waals surface area (Å²) in [5.74, 6) is -0.960. The van der Waals surface area contributed by atoms with Crippen molar-refractivity contribution in [2.75, 3.05) is 13.6 Å². The summed E-state index contributed by atoms with van der Waals surface area (Å²) in [4.78, 5) is 42.7. The summed E-state index contributed by atoms with van der Waals surface area (Å²) >= 11 is 0. The summed E-state index contributed by atoms with van der Waals surface area (Å²) in [5.41, 5.74) is -0.314. The summed E-state index contributed by atoms with van der Waals surface area (Å²) in [7, 11) is 2.12. The Kier molecular flexibility index (Phi) is 6.07. The first-order valence-electron chi connectivity index (χ1n) is 13.8. The van der Waals surface area contributed by atoms with Gasteiger partial charge < -0.3 is 23.9 Å². The van der Waals surface area contributed by atoms with Crippen LogP contribution >= 0.6 is 0 Å². The van der Waals surface area contributed by atoms with Gasteiger partial charge in [-0.2, -0.15) is 0 Å². The molecular weight excluding hydrogens is 501 g/mol. The number of aliphatic hydroxyl groups is 1. The number of cyclic esters (lactones) is 1. The smallest absolute Gasteiger partial charge is 0.343 e. The number of ether oxygens (including phenoxy) is 1. The molecule has 6 rings (SSSR count). The van der Waals surface area contributed by atoms with Crippen molar-refractivity contribution in [3.8, 4) is 11.3 Å². The maximum Gasteiger partial charge on any atom is 0.343 e. The van der Waals surface area contributed by atoms with Crippen LogP contribution in [0.3, 0.4) is 0 Å². The van der Waals surface area contributed by atoms with Crippen molar-refractivity contribution in [2.45, 2.75) is 77.3 Å². The first kappa shape index (κ1) is 26.0. The number of hydrogen-bond donors (Lipinski definition) is 1. The number of rotatable bonds is 7. The van der Waals surface area contributed by atoms with Gasteiger partial charge in [-0.3, -0.25) is 9.59 Å². The fourth-order valence-corrected chi connectivity index (χ4v) is 6.48. The summed E-state index contributed by atoms with van der Waals surface area (Å²) in [6, 6.07) is 6.41. The SMILES string of the molecule is CC[C@@]1(O)C(=O)OCc2c1cc1n(c2=O)Cc2c-1c(=O)c1cc(F)ccc1n2[C@H](CC(C)C)CN(C)C1CC1. The van der Waals surface area contributed by atoms with Gasteiger partial charge in [-0.25, -0.2) is 9.18 Å². The minimum absolute atomic E-state index is 0.0185. The number of fused-ring (bicyclic) bond motifs is 5. The molecule has 0 saturated heterocycles. The third-order valence-corrected chi connectivity index (χ3v) is 8.65. The molecule has 2 aromatic heterocycles. The predicted molar refractivity (Wildman–Crippen MR) is 145 cm³/mol. The molecular formula is C30H34FN3O5. The van der Waals surface area contributed by atoms with Crippen LogP contribution in [0.15, 0.2) is 33.9 Å². The second-order valence-electron chi connectivity index (χ2n) is 11.7. The summed E-state index contributed by atoms with van der Waals surface area (Å²) in [6.45, 7) is 6.65. The molecule has 1 fully saturated rings. The molecule has 3 aliphatic rings. The third-order valence-electron chi connectivity index (χ3n) is 8.65. The highest BCUT2D eigenvalue weighted by molar-refractivity contribution is 5.88. The van der Waals surface area contributed by atoms with Crippen molar-refractivity contribution in [1.82, 2.24) is 14.0 Å². The van der Waals surface area contributed by atoms with Gasteiger partial charge >= 0.3 is 5.97 Å². The average Bonchev–Trinajstić information content (AvgIpc) is 3.68. The molecule has 2 aliphatic heterocycles. The Morgan fingerprint density at radius 3 is 2.62 bits per heavy atom. The Labute approximate surface area is 225 Å². The molecule has 8 nitrogen and oxygen atoms in total. The number of benzene rings is 1. The van der Waals surface area contributed by atoms with E-state index in [9.17, 15) is 23.9 Å². The second kappa shape index (κ2) is 9.13. The Balaban J connectivity index is 1.64. The van der Waals surface area contributed by atoms with E-state index in [2.05, 4.69) is 30.4 Å². The van der Waals surface area contributed by atoms with Crippen molar-refractivity contribution in [3.05, 3.63) is 67.5 Å². The molecule has 39 heavy (non-hydrogen) atoms. The van der Waals surface area contributed by atoms with Crippen LogP contribution in [0.25, 0.3) is 22.2 Å². The molecule has 0 spiro atoms. The van der Waals surface area contributed by atoms with Gasteiger partial charge in [-0.1, -0.05) is 20.8 Å². The van der Waals surface area contributed by atoms with Gasteiger partial charge in [0, 0.05) is 29.6 Å². The number of carbonyl (C=O) groups excluding carboxylic acids is 1. The number of hydrogen-bond acceptors (Lipinski definition) is 6. The van der Waals surface area contributed by atoms with E-state index in [-0.39, 0.29) is 47.6 Å². The Hall–Kier alpha value is -3.30. The van der Waals surface area contributed by atoms with Gasteiger partial charge in [0.2, 0.25) is 0 Å². The van der Waals surface area contributed by atoms with Crippen LogP contribution < -0.4 is 11.0 Å². The number of likely N-dealkylation sites (N-methyl/N-ethyl adjacent to an activating group) is 1. The molecule has 0 radical (unpaired) electrons. The molecule has 4 heterocycles. The molecule has 206 valence electrons. The average molecular weight is 536 g/mol. The van der Waals surface area contributed by atoms with E-state index in [4.69, 9.17) is 4.74 Å². The molecule has 1 aliphatic carbocycles. The van der Waals surface area contributed by atoms with E-state index in [0.717, 1.165) is 25.8 Å². The molecule has 2 atom stereocenters. The number of pyridine rings is 2. The van der Waals surface area contributed by atoms with E-state index in [1.54, 1.807) is 19.1 Å². The topological polar surface area (TPSA) is 93.8 Å². The van der Waals surface area contributed by atoms with E-state index in [1.165, 1.54) is 16.7 Å². The summed E-state index contributed by atoms with van der Waals surface area (Å²) in [5, 5.41) is 11.5. The monoisotopic (exact) mass is 535 g/mol. The van der Waals surface area contributed by atoms with Gasteiger partial charge in [0.25, 0.3) is 5.56 Å². The zero-order valence-corrected chi connectivity index (χ0v) is 22.8. The van der Waals surface area contributed by atoms with Crippen LogP contribution in [0.5, 0.6) is 0 Å². The minimum Gasteiger partial charge on any atom is -0.458 e. The molecule has 0 amide bonds. The highest BCUT2D eigenvalue weighted by Gasteiger charge is 2.46. The lowest BCUT2D eigenvalue weighted by atomic mass is 9.85. The van der Waals surface area contributed by atoms with E-state index in [0.29, 0.717) is 34.4 Å². The largest absolute Gasteiger partial charge is 0.458 e. The third kappa shape index (κ3) is 3.97. The van der Waals surface area contributed by atoms with Crippen LogP contribution in [-0.2, 0) is 28.3 Å².